The van der Waals surface area contributed by atoms with E-state index >= 15 is 0 Å². The molecule has 1 aliphatic rings. The summed E-state index contributed by atoms with van der Waals surface area (Å²) in [5.74, 6) is -0.0731. The number of nitrogens with one attached hydrogen (secondary N) is 1. The first-order valence-electron chi connectivity index (χ1n) is 6.37. The molecule has 0 aromatic carbocycles. The van der Waals surface area contributed by atoms with Crippen molar-refractivity contribution in [3.05, 3.63) is 11.6 Å². The first-order chi connectivity index (χ1) is 9.69. The lowest BCUT2D eigenvalue weighted by molar-refractivity contribution is -0.137. The molecule has 0 spiro atoms. The zero-order chi connectivity index (χ0) is 14.4. The van der Waals surface area contributed by atoms with E-state index in [2.05, 4.69) is 10.3 Å². The first kappa shape index (κ1) is 14.9. The third-order valence-electron chi connectivity index (χ3n) is 3.04. The Balaban J connectivity index is 1.71. The molecule has 1 aromatic heterocycles. The number of methoxy groups -OCH3 is 1. The summed E-state index contributed by atoms with van der Waals surface area (Å²) in [5.41, 5.74) is 0. The average Bonchev–Trinajstić information content (AvgIpc) is 2.92. The minimum absolute atomic E-state index is 0.000568. The number of thiazole rings is 1. The van der Waals surface area contributed by atoms with E-state index in [1.54, 1.807) is 11.1 Å². The molecule has 2 rings (SSSR count). The molecule has 0 radical (unpaired) electrons. The Labute approximate surface area is 121 Å². The summed E-state index contributed by atoms with van der Waals surface area (Å²) in [4.78, 5) is 31.2. The van der Waals surface area contributed by atoms with Crippen LogP contribution in [0.25, 0.3) is 0 Å². The number of rotatable bonds is 5. The number of piperazine rings is 1. The maximum absolute atomic E-state index is 11.8. The summed E-state index contributed by atoms with van der Waals surface area (Å²) < 4.78 is 4.83. The highest BCUT2D eigenvalue weighted by Gasteiger charge is 2.22. The molecule has 0 saturated carbocycles. The van der Waals surface area contributed by atoms with Crippen LogP contribution in [0.5, 0.6) is 0 Å². The summed E-state index contributed by atoms with van der Waals surface area (Å²) in [6, 6.07) is 0. The molecule has 8 heteroatoms. The number of carbonyl (C=O) groups is 2. The predicted molar refractivity (Wildman–Crippen MR) is 75.6 cm³/mol. The topological polar surface area (TPSA) is 74.8 Å². The molecule has 0 bridgehead atoms. The number of nitrogens with zero attached hydrogens (tertiary/aromatic N) is 3. The van der Waals surface area contributed by atoms with Crippen molar-refractivity contribution in [3.8, 4) is 0 Å². The molecular formula is C12H18N4O3S. The van der Waals surface area contributed by atoms with Crippen LogP contribution in [0.1, 0.15) is 0 Å². The molecule has 110 valence electrons. The number of hydrogen-bond donors (Lipinski definition) is 1. The Kier molecular flexibility index (Phi) is 5.45. The number of hydrogen-bond acceptors (Lipinski definition) is 6. The monoisotopic (exact) mass is 298 g/mol. The Morgan fingerprint density at radius 2 is 2.15 bits per heavy atom. The molecule has 1 saturated heterocycles. The van der Waals surface area contributed by atoms with Crippen LogP contribution in [-0.4, -0.2) is 73.0 Å². The van der Waals surface area contributed by atoms with Crippen LogP contribution in [0.2, 0.25) is 0 Å². The molecular weight excluding hydrogens is 280 g/mol. The van der Waals surface area contributed by atoms with E-state index in [4.69, 9.17) is 4.74 Å². The van der Waals surface area contributed by atoms with Crippen molar-refractivity contribution in [1.82, 2.24) is 14.8 Å². The number of anilines is 1. The Bertz CT molecular complexity index is 444. The molecule has 0 aliphatic carbocycles. The molecule has 7 nitrogen and oxygen atoms in total. The molecule has 1 aromatic rings. The van der Waals surface area contributed by atoms with E-state index in [0.717, 1.165) is 0 Å². The van der Waals surface area contributed by atoms with Gasteiger partial charge >= 0.3 is 0 Å². The van der Waals surface area contributed by atoms with Crippen LogP contribution in [0.4, 0.5) is 5.13 Å². The fourth-order valence-electron chi connectivity index (χ4n) is 2.02. The van der Waals surface area contributed by atoms with Crippen LogP contribution >= 0.6 is 11.3 Å². The van der Waals surface area contributed by atoms with Crippen molar-refractivity contribution in [2.24, 2.45) is 0 Å². The molecule has 1 aliphatic heterocycles. The molecule has 20 heavy (non-hydrogen) atoms. The van der Waals surface area contributed by atoms with Crippen molar-refractivity contribution in [3.63, 3.8) is 0 Å². The van der Waals surface area contributed by atoms with E-state index in [1.165, 1.54) is 18.4 Å². The van der Waals surface area contributed by atoms with Crippen LogP contribution in [0.3, 0.4) is 0 Å². The number of ether oxygens (including phenoxy) is 1. The molecule has 2 amide bonds. The van der Waals surface area contributed by atoms with Crippen molar-refractivity contribution in [2.75, 3.05) is 51.8 Å². The van der Waals surface area contributed by atoms with Gasteiger partial charge in [0, 0.05) is 44.9 Å². The fourth-order valence-corrected chi connectivity index (χ4v) is 2.56. The van der Waals surface area contributed by atoms with E-state index in [1.807, 2.05) is 10.3 Å². The summed E-state index contributed by atoms with van der Waals surface area (Å²) in [5, 5.41) is 5.18. The maximum Gasteiger partial charge on any atom is 0.248 e. The molecule has 2 heterocycles. The van der Waals surface area contributed by atoms with Crippen molar-refractivity contribution in [1.29, 1.82) is 0 Å². The van der Waals surface area contributed by atoms with Gasteiger partial charge in [-0.3, -0.25) is 14.5 Å². The minimum Gasteiger partial charge on any atom is -0.375 e. The van der Waals surface area contributed by atoms with E-state index in [9.17, 15) is 9.59 Å². The van der Waals surface area contributed by atoms with E-state index < -0.39 is 0 Å². The second-order valence-electron chi connectivity index (χ2n) is 4.48. The lowest BCUT2D eigenvalue weighted by Crippen LogP contribution is -2.51. The van der Waals surface area contributed by atoms with Gasteiger partial charge in [-0.25, -0.2) is 4.98 Å². The summed E-state index contributed by atoms with van der Waals surface area (Å²) in [6.45, 7) is 3.09. The number of carbonyl (C=O) groups excluding carboxylic acids is 2. The van der Waals surface area contributed by atoms with Gasteiger partial charge < -0.3 is 15.0 Å². The lowest BCUT2D eigenvalue weighted by atomic mass is 10.3. The Morgan fingerprint density at radius 1 is 1.40 bits per heavy atom. The standard InChI is InChI=1S/C12H18N4O3S/c1-19-9-11(18)16-5-3-15(4-6-16)8-10(17)14-12-13-2-7-20-12/h2,7H,3-6,8-9H2,1H3,(H,13,14,17). The highest BCUT2D eigenvalue weighted by Crippen LogP contribution is 2.10. The zero-order valence-electron chi connectivity index (χ0n) is 11.4. The summed E-state index contributed by atoms with van der Waals surface area (Å²) in [7, 11) is 1.51. The van der Waals surface area contributed by atoms with Gasteiger partial charge in [0.05, 0.1) is 6.54 Å². The van der Waals surface area contributed by atoms with Gasteiger partial charge in [0.25, 0.3) is 0 Å². The van der Waals surface area contributed by atoms with Crippen LogP contribution in [0, 0.1) is 0 Å². The van der Waals surface area contributed by atoms with Gasteiger partial charge in [-0.1, -0.05) is 0 Å². The van der Waals surface area contributed by atoms with Gasteiger partial charge in [0.15, 0.2) is 5.13 Å². The smallest absolute Gasteiger partial charge is 0.248 e. The molecule has 0 unspecified atom stereocenters. The van der Waals surface area contributed by atoms with E-state index in [-0.39, 0.29) is 18.4 Å². The summed E-state index contributed by atoms with van der Waals surface area (Å²) >= 11 is 1.39. The number of aromatic nitrogens is 1. The Morgan fingerprint density at radius 3 is 2.75 bits per heavy atom. The quantitative estimate of drug-likeness (QED) is 0.820. The number of amides is 2. The Hall–Kier alpha value is -1.51. The first-order valence-corrected chi connectivity index (χ1v) is 7.25. The fraction of sp³-hybridized carbons (Fsp3) is 0.583. The third kappa shape index (κ3) is 4.26. The van der Waals surface area contributed by atoms with Crippen molar-refractivity contribution >= 4 is 28.3 Å². The predicted octanol–water partition coefficient (Wildman–Crippen LogP) is -0.128. The van der Waals surface area contributed by atoms with Gasteiger partial charge in [-0.05, 0) is 0 Å². The second-order valence-corrected chi connectivity index (χ2v) is 5.37. The van der Waals surface area contributed by atoms with Crippen LogP contribution in [-0.2, 0) is 14.3 Å². The molecule has 0 atom stereocenters. The zero-order valence-corrected chi connectivity index (χ0v) is 12.2. The van der Waals surface area contributed by atoms with Gasteiger partial charge in [0.2, 0.25) is 11.8 Å². The highest BCUT2D eigenvalue weighted by molar-refractivity contribution is 7.13. The van der Waals surface area contributed by atoms with Gasteiger partial charge in [-0.2, -0.15) is 0 Å². The highest BCUT2D eigenvalue weighted by atomic mass is 32.1. The minimum atomic E-state index is -0.0726. The molecule has 1 fully saturated rings. The maximum atomic E-state index is 11.8. The van der Waals surface area contributed by atoms with Crippen molar-refractivity contribution in [2.45, 2.75) is 0 Å². The van der Waals surface area contributed by atoms with Gasteiger partial charge in [-0.15, -0.1) is 11.3 Å². The second kappa shape index (κ2) is 7.32. The third-order valence-corrected chi connectivity index (χ3v) is 3.73. The lowest BCUT2D eigenvalue weighted by Gasteiger charge is -2.34. The van der Waals surface area contributed by atoms with Crippen molar-refractivity contribution < 1.29 is 14.3 Å². The normalized spacial score (nSPS) is 16.1. The SMILES string of the molecule is COCC(=O)N1CCN(CC(=O)Nc2nccs2)CC1. The summed E-state index contributed by atoms with van der Waals surface area (Å²) in [6.07, 6.45) is 1.65. The van der Waals surface area contributed by atoms with Crippen LogP contribution in [0.15, 0.2) is 11.6 Å². The molecule has 1 N–H and O–H groups in total. The van der Waals surface area contributed by atoms with E-state index in [0.29, 0.717) is 37.9 Å². The average molecular weight is 298 g/mol. The van der Waals surface area contributed by atoms with Gasteiger partial charge in [0.1, 0.15) is 6.61 Å². The van der Waals surface area contributed by atoms with Crippen LogP contribution < -0.4 is 5.32 Å². The largest absolute Gasteiger partial charge is 0.375 e.